The van der Waals surface area contributed by atoms with E-state index < -0.39 is 0 Å². The van der Waals surface area contributed by atoms with Crippen molar-refractivity contribution in [1.29, 1.82) is 0 Å². The molecular formula is C25H34IN5O2. The molecule has 2 aromatic carbocycles. The summed E-state index contributed by atoms with van der Waals surface area (Å²) < 4.78 is 13.9. The zero-order valence-electron chi connectivity index (χ0n) is 19.6. The molecule has 0 radical (unpaired) electrons. The quantitative estimate of drug-likeness (QED) is 0.244. The lowest BCUT2D eigenvalue weighted by Gasteiger charge is -2.16. The first-order valence-electron chi connectivity index (χ1n) is 11.4. The number of hydrogen-bond donors (Lipinski definition) is 2. The smallest absolute Gasteiger partial charge is 0.191 e. The van der Waals surface area contributed by atoms with Crippen LogP contribution in [-0.4, -0.2) is 47.9 Å². The molecule has 1 aliphatic heterocycles. The number of rotatable bonds is 8. The van der Waals surface area contributed by atoms with E-state index >= 15 is 0 Å². The van der Waals surface area contributed by atoms with Crippen molar-refractivity contribution in [2.24, 2.45) is 4.99 Å². The number of guanidine groups is 1. The summed E-state index contributed by atoms with van der Waals surface area (Å²) >= 11 is 0. The number of aromatic nitrogens is 2. The molecule has 7 nitrogen and oxygen atoms in total. The molecule has 33 heavy (non-hydrogen) atoms. The van der Waals surface area contributed by atoms with Crippen molar-refractivity contribution in [3.8, 4) is 5.75 Å². The van der Waals surface area contributed by atoms with Gasteiger partial charge in [-0.25, -0.2) is 9.98 Å². The maximum absolute atomic E-state index is 6.22. The predicted molar refractivity (Wildman–Crippen MR) is 144 cm³/mol. The van der Waals surface area contributed by atoms with E-state index in [9.17, 15) is 0 Å². The molecule has 2 heterocycles. The van der Waals surface area contributed by atoms with Crippen LogP contribution in [0.25, 0.3) is 11.0 Å². The fraction of sp³-hybridized carbons (Fsp3) is 0.440. The number of para-hydroxylation sites is 2. The number of imidazole rings is 1. The fourth-order valence-corrected chi connectivity index (χ4v) is 3.96. The molecule has 1 aromatic heterocycles. The van der Waals surface area contributed by atoms with E-state index in [1.807, 2.05) is 13.0 Å². The molecule has 0 aliphatic carbocycles. The third-order valence-electron chi connectivity index (χ3n) is 5.63. The Bertz CT molecular complexity index is 1080. The van der Waals surface area contributed by atoms with Crippen LogP contribution in [0.15, 0.2) is 47.5 Å². The summed E-state index contributed by atoms with van der Waals surface area (Å²) in [6.45, 7) is 10.5. The van der Waals surface area contributed by atoms with Crippen molar-refractivity contribution >= 4 is 41.0 Å². The summed E-state index contributed by atoms with van der Waals surface area (Å²) in [5, 5.41) is 6.80. The largest absolute Gasteiger partial charge is 0.488 e. The molecular weight excluding hydrogens is 529 g/mol. The minimum Gasteiger partial charge on any atom is -0.488 e. The highest BCUT2D eigenvalue weighted by atomic mass is 127. The molecule has 0 saturated carbocycles. The van der Waals surface area contributed by atoms with Gasteiger partial charge in [0.1, 0.15) is 17.7 Å². The zero-order chi connectivity index (χ0) is 22.3. The van der Waals surface area contributed by atoms with Crippen LogP contribution >= 0.6 is 24.0 Å². The first kappa shape index (κ1) is 25.3. The molecule has 1 atom stereocenters. The van der Waals surface area contributed by atoms with Crippen LogP contribution in [0.1, 0.15) is 30.3 Å². The van der Waals surface area contributed by atoms with Crippen LogP contribution < -0.4 is 15.4 Å². The molecule has 4 rings (SSSR count). The molecule has 1 saturated heterocycles. The van der Waals surface area contributed by atoms with Crippen molar-refractivity contribution in [3.63, 3.8) is 0 Å². The van der Waals surface area contributed by atoms with Crippen molar-refractivity contribution in [1.82, 2.24) is 20.2 Å². The second-order valence-electron chi connectivity index (χ2n) is 8.14. The number of nitrogens with one attached hydrogen (secondary N) is 2. The Balaban J connectivity index is 0.00000306. The number of halogens is 1. The van der Waals surface area contributed by atoms with Crippen LogP contribution in [0.5, 0.6) is 5.75 Å². The highest BCUT2D eigenvalue weighted by molar-refractivity contribution is 14.0. The standard InChI is InChI=1S/C25H33N5O2.HI/c1-4-26-25(27-12-13-30-19(3)29-22-7-5-6-8-23(22)30)28-16-20-10-9-18(2)15-24(20)32-21-11-14-31-17-21;/h5-10,15,21H,4,11-14,16-17H2,1-3H3,(H2,26,27,28);1H. The minimum absolute atomic E-state index is 0. The predicted octanol–water partition coefficient (Wildman–Crippen LogP) is 4.19. The molecule has 8 heteroatoms. The summed E-state index contributed by atoms with van der Waals surface area (Å²) in [6.07, 6.45) is 1.06. The van der Waals surface area contributed by atoms with Gasteiger partial charge in [0, 0.05) is 31.6 Å². The normalized spacial score (nSPS) is 16.0. The van der Waals surface area contributed by atoms with E-state index in [1.54, 1.807) is 0 Å². The van der Waals surface area contributed by atoms with E-state index in [2.05, 4.69) is 70.4 Å². The van der Waals surface area contributed by atoms with Gasteiger partial charge in [-0.2, -0.15) is 0 Å². The summed E-state index contributed by atoms with van der Waals surface area (Å²) in [5.41, 5.74) is 4.45. The summed E-state index contributed by atoms with van der Waals surface area (Å²) in [7, 11) is 0. The summed E-state index contributed by atoms with van der Waals surface area (Å²) in [6, 6.07) is 14.6. The third kappa shape index (κ3) is 6.60. The molecule has 2 N–H and O–H groups in total. The second kappa shape index (κ2) is 12.2. The first-order valence-corrected chi connectivity index (χ1v) is 11.4. The lowest BCUT2D eigenvalue weighted by atomic mass is 10.1. The van der Waals surface area contributed by atoms with E-state index in [4.69, 9.17) is 14.5 Å². The molecule has 0 bridgehead atoms. The molecule has 1 fully saturated rings. The van der Waals surface area contributed by atoms with Crippen LogP contribution in [0.3, 0.4) is 0 Å². The van der Waals surface area contributed by atoms with E-state index in [0.717, 1.165) is 66.8 Å². The fourth-order valence-electron chi connectivity index (χ4n) is 3.96. The monoisotopic (exact) mass is 563 g/mol. The van der Waals surface area contributed by atoms with E-state index in [0.29, 0.717) is 13.2 Å². The van der Waals surface area contributed by atoms with Crippen LogP contribution in [0.4, 0.5) is 0 Å². The second-order valence-corrected chi connectivity index (χ2v) is 8.14. The number of aryl methyl sites for hydroxylation is 2. The first-order chi connectivity index (χ1) is 15.6. The van der Waals surface area contributed by atoms with Crippen molar-refractivity contribution in [2.75, 3.05) is 26.3 Å². The van der Waals surface area contributed by atoms with Gasteiger partial charge in [-0.1, -0.05) is 24.3 Å². The lowest BCUT2D eigenvalue weighted by molar-refractivity contribution is 0.140. The van der Waals surface area contributed by atoms with Crippen molar-refractivity contribution < 1.29 is 9.47 Å². The van der Waals surface area contributed by atoms with Gasteiger partial charge in [0.15, 0.2) is 5.96 Å². The highest BCUT2D eigenvalue weighted by Crippen LogP contribution is 2.24. The number of benzene rings is 2. The van der Waals surface area contributed by atoms with Gasteiger partial charge in [-0.15, -0.1) is 24.0 Å². The van der Waals surface area contributed by atoms with Crippen molar-refractivity contribution in [3.05, 3.63) is 59.4 Å². The van der Waals surface area contributed by atoms with Gasteiger partial charge in [0.25, 0.3) is 0 Å². The topological polar surface area (TPSA) is 72.7 Å². The van der Waals surface area contributed by atoms with Crippen LogP contribution in [0.2, 0.25) is 0 Å². The Morgan fingerprint density at radius 3 is 2.85 bits per heavy atom. The summed E-state index contributed by atoms with van der Waals surface area (Å²) in [4.78, 5) is 9.46. The van der Waals surface area contributed by atoms with Crippen LogP contribution in [0, 0.1) is 13.8 Å². The molecule has 178 valence electrons. The van der Waals surface area contributed by atoms with Gasteiger partial charge in [-0.05, 0) is 44.5 Å². The van der Waals surface area contributed by atoms with E-state index in [-0.39, 0.29) is 30.1 Å². The van der Waals surface area contributed by atoms with Gasteiger partial charge in [0.2, 0.25) is 0 Å². The number of fused-ring (bicyclic) bond motifs is 1. The molecule has 1 unspecified atom stereocenters. The third-order valence-corrected chi connectivity index (χ3v) is 5.63. The SMILES string of the molecule is CCNC(=NCc1ccc(C)cc1OC1CCOC1)NCCn1c(C)nc2ccccc21.I. The Kier molecular flexibility index (Phi) is 9.37. The average Bonchev–Trinajstić information content (AvgIpc) is 3.40. The molecule has 0 amide bonds. The Labute approximate surface area is 213 Å². The number of aliphatic imine (C=N–C) groups is 1. The minimum atomic E-state index is 0. The van der Waals surface area contributed by atoms with Gasteiger partial charge >= 0.3 is 0 Å². The van der Waals surface area contributed by atoms with Crippen LogP contribution in [-0.2, 0) is 17.8 Å². The maximum atomic E-state index is 6.22. The number of nitrogens with zero attached hydrogens (tertiary/aromatic N) is 3. The molecule has 1 aliphatic rings. The Morgan fingerprint density at radius 2 is 2.06 bits per heavy atom. The van der Waals surface area contributed by atoms with Gasteiger partial charge < -0.3 is 24.7 Å². The summed E-state index contributed by atoms with van der Waals surface area (Å²) in [5.74, 6) is 2.72. The van der Waals surface area contributed by atoms with Gasteiger partial charge in [-0.3, -0.25) is 0 Å². The Morgan fingerprint density at radius 1 is 1.21 bits per heavy atom. The number of ether oxygens (including phenoxy) is 2. The van der Waals surface area contributed by atoms with Crippen molar-refractivity contribution in [2.45, 2.75) is 46.4 Å². The highest BCUT2D eigenvalue weighted by Gasteiger charge is 2.18. The molecule has 3 aromatic rings. The molecule has 0 spiro atoms. The maximum Gasteiger partial charge on any atom is 0.191 e. The van der Waals surface area contributed by atoms with E-state index in [1.165, 1.54) is 5.56 Å². The number of hydrogen-bond acceptors (Lipinski definition) is 4. The average molecular weight is 563 g/mol. The lowest BCUT2D eigenvalue weighted by Crippen LogP contribution is -2.39. The van der Waals surface area contributed by atoms with Gasteiger partial charge in [0.05, 0.1) is 30.8 Å². The Hall–Kier alpha value is -2.33. The zero-order valence-corrected chi connectivity index (χ0v) is 22.0.